The van der Waals surface area contributed by atoms with E-state index in [2.05, 4.69) is 30.0 Å². The summed E-state index contributed by atoms with van der Waals surface area (Å²) in [6.07, 6.45) is 6.54. The molecule has 1 aliphatic heterocycles. The summed E-state index contributed by atoms with van der Waals surface area (Å²) in [7, 11) is 0. The summed E-state index contributed by atoms with van der Waals surface area (Å²) < 4.78 is 0. The molecular weight excluding hydrogens is 220 g/mol. The van der Waals surface area contributed by atoms with Crippen molar-refractivity contribution in [2.24, 2.45) is 11.7 Å². The first-order valence-corrected chi connectivity index (χ1v) is 7.35. The van der Waals surface area contributed by atoms with Gasteiger partial charge in [-0.05, 0) is 55.7 Å². The van der Waals surface area contributed by atoms with E-state index in [9.17, 15) is 0 Å². The summed E-state index contributed by atoms with van der Waals surface area (Å²) in [6, 6.07) is 7.02. The van der Waals surface area contributed by atoms with Gasteiger partial charge in [0.2, 0.25) is 0 Å². The number of nitrogens with two attached hydrogens (primary N) is 1. The Morgan fingerprint density at radius 2 is 2.22 bits per heavy atom. The van der Waals surface area contributed by atoms with E-state index in [0.717, 1.165) is 12.3 Å². The Kier molecular flexibility index (Phi) is 3.29. The number of fused-ring (bicyclic) bond motifs is 1. The van der Waals surface area contributed by atoms with Gasteiger partial charge in [0.1, 0.15) is 0 Å². The minimum absolute atomic E-state index is 0.261. The van der Waals surface area contributed by atoms with Crippen LogP contribution in [0.1, 0.15) is 37.3 Å². The number of rotatable bonds is 4. The molecule has 0 aromatic heterocycles. The second-order valence-electron chi connectivity index (χ2n) is 6.09. The fraction of sp³-hybridized carbons (Fsp3) is 0.625. The van der Waals surface area contributed by atoms with Crippen molar-refractivity contribution in [2.75, 3.05) is 18.0 Å². The number of hydrogen-bond donors (Lipinski definition) is 1. The molecule has 98 valence electrons. The largest absolute Gasteiger partial charge is 0.371 e. The van der Waals surface area contributed by atoms with Crippen LogP contribution in [0.2, 0.25) is 0 Å². The van der Waals surface area contributed by atoms with Gasteiger partial charge in [-0.3, -0.25) is 0 Å². The number of benzene rings is 1. The Bertz CT molecular complexity index is 421. The molecule has 1 aromatic rings. The minimum atomic E-state index is 0.261. The van der Waals surface area contributed by atoms with Crippen LogP contribution >= 0.6 is 0 Å². The van der Waals surface area contributed by atoms with Gasteiger partial charge >= 0.3 is 0 Å². The van der Waals surface area contributed by atoms with E-state index < -0.39 is 0 Å². The molecule has 0 spiro atoms. The van der Waals surface area contributed by atoms with Crippen LogP contribution in [0.4, 0.5) is 5.69 Å². The summed E-state index contributed by atoms with van der Waals surface area (Å²) in [5.41, 5.74) is 10.5. The van der Waals surface area contributed by atoms with Crippen molar-refractivity contribution in [3.8, 4) is 0 Å². The fourth-order valence-electron chi connectivity index (χ4n) is 3.29. The van der Waals surface area contributed by atoms with Crippen LogP contribution in [-0.4, -0.2) is 19.1 Å². The van der Waals surface area contributed by atoms with Crippen molar-refractivity contribution >= 4 is 5.69 Å². The van der Waals surface area contributed by atoms with E-state index in [1.807, 2.05) is 0 Å². The van der Waals surface area contributed by atoms with Crippen molar-refractivity contribution in [1.29, 1.82) is 0 Å². The maximum Gasteiger partial charge on any atom is 0.0402 e. The van der Waals surface area contributed by atoms with Crippen molar-refractivity contribution in [3.63, 3.8) is 0 Å². The van der Waals surface area contributed by atoms with Gasteiger partial charge in [-0.25, -0.2) is 0 Å². The lowest BCUT2D eigenvalue weighted by molar-refractivity contribution is 0.319. The Morgan fingerprint density at radius 3 is 2.89 bits per heavy atom. The summed E-state index contributed by atoms with van der Waals surface area (Å²) >= 11 is 0. The maximum atomic E-state index is 5.95. The van der Waals surface area contributed by atoms with Crippen molar-refractivity contribution in [3.05, 3.63) is 29.3 Å². The van der Waals surface area contributed by atoms with Crippen molar-refractivity contribution in [1.82, 2.24) is 0 Å². The first-order chi connectivity index (χ1) is 8.74. The predicted molar refractivity (Wildman–Crippen MR) is 77.1 cm³/mol. The van der Waals surface area contributed by atoms with E-state index in [0.29, 0.717) is 0 Å². The molecule has 1 fully saturated rings. The molecule has 0 bridgehead atoms. The van der Waals surface area contributed by atoms with Crippen LogP contribution in [-0.2, 0) is 12.8 Å². The zero-order valence-electron chi connectivity index (χ0n) is 11.4. The van der Waals surface area contributed by atoms with Gasteiger partial charge in [0, 0.05) is 24.8 Å². The lowest BCUT2D eigenvalue weighted by Gasteiger charge is -2.31. The smallest absolute Gasteiger partial charge is 0.0402 e. The molecular formula is C16H24N2. The zero-order valence-corrected chi connectivity index (χ0v) is 11.4. The summed E-state index contributed by atoms with van der Waals surface area (Å²) in [5.74, 6) is 0.952. The third-order valence-corrected chi connectivity index (χ3v) is 4.47. The third kappa shape index (κ3) is 2.26. The number of hydrogen-bond acceptors (Lipinski definition) is 2. The molecule has 0 radical (unpaired) electrons. The number of nitrogens with zero attached hydrogens (tertiary/aromatic N) is 1. The van der Waals surface area contributed by atoms with Gasteiger partial charge in [-0.15, -0.1) is 0 Å². The summed E-state index contributed by atoms with van der Waals surface area (Å²) in [4.78, 5) is 2.60. The average molecular weight is 244 g/mol. The third-order valence-electron chi connectivity index (χ3n) is 4.47. The van der Waals surface area contributed by atoms with Gasteiger partial charge in [-0.1, -0.05) is 18.6 Å². The highest BCUT2D eigenvalue weighted by Gasteiger charge is 2.26. The molecule has 1 unspecified atom stereocenters. The van der Waals surface area contributed by atoms with Gasteiger partial charge in [0.25, 0.3) is 0 Å². The van der Waals surface area contributed by atoms with E-state index in [4.69, 9.17) is 5.73 Å². The van der Waals surface area contributed by atoms with Crippen molar-refractivity contribution < 1.29 is 0 Å². The molecule has 1 aromatic carbocycles. The molecule has 2 N–H and O–H groups in total. The first-order valence-electron chi connectivity index (χ1n) is 7.35. The maximum absolute atomic E-state index is 5.95. The molecule has 1 aliphatic carbocycles. The highest BCUT2D eigenvalue weighted by Crippen LogP contribution is 2.35. The van der Waals surface area contributed by atoms with Gasteiger partial charge in [0.05, 0.1) is 0 Å². The molecule has 0 amide bonds. The van der Waals surface area contributed by atoms with Gasteiger partial charge in [0.15, 0.2) is 0 Å². The van der Waals surface area contributed by atoms with Crippen LogP contribution in [0.15, 0.2) is 18.2 Å². The lowest BCUT2D eigenvalue weighted by atomic mass is 9.85. The normalized spacial score (nSPS) is 20.7. The average Bonchev–Trinajstić information content (AvgIpc) is 2.67. The first kappa shape index (κ1) is 12.0. The second kappa shape index (κ2) is 4.93. The minimum Gasteiger partial charge on any atom is -0.371 e. The second-order valence-corrected chi connectivity index (χ2v) is 6.09. The zero-order chi connectivity index (χ0) is 12.5. The van der Waals surface area contributed by atoms with E-state index >= 15 is 0 Å². The molecule has 2 nitrogen and oxygen atoms in total. The standard InChI is InChI=1S/C16H24N2/c1-12(17)10-14-6-3-7-16-15(14)8-9-18(16)11-13-4-2-5-13/h3,6-7,12-13H,2,4-5,8-11,17H2,1H3. The van der Waals surface area contributed by atoms with E-state index in [1.165, 1.54) is 50.0 Å². The molecule has 1 atom stereocenters. The Morgan fingerprint density at radius 1 is 1.39 bits per heavy atom. The molecule has 2 heteroatoms. The summed E-state index contributed by atoms with van der Waals surface area (Å²) in [6.45, 7) is 4.58. The van der Waals surface area contributed by atoms with Crippen LogP contribution in [0.25, 0.3) is 0 Å². The van der Waals surface area contributed by atoms with Crippen LogP contribution in [0.3, 0.4) is 0 Å². The Balaban J connectivity index is 1.78. The van der Waals surface area contributed by atoms with E-state index in [1.54, 1.807) is 5.56 Å². The Labute approximate surface area is 110 Å². The monoisotopic (exact) mass is 244 g/mol. The predicted octanol–water partition coefficient (Wildman–Crippen LogP) is 2.74. The summed E-state index contributed by atoms with van der Waals surface area (Å²) in [5, 5.41) is 0. The molecule has 1 heterocycles. The van der Waals surface area contributed by atoms with Gasteiger partial charge < -0.3 is 10.6 Å². The molecule has 1 saturated carbocycles. The fourth-order valence-corrected chi connectivity index (χ4v) is 3.29. The van der Waals surface area contributed by atoms with Crippen LogP contribution in [0.5, 0.6) is 0 Å². The highest BCUT2D eigenvalue weighted by atomic mass is 15.1. The molecule has 2 aliphatic rings. The van der Waals surface area contributed by atoms with Crippen LogP contribution in [0, 0.1) is 5.92 Å². The highest BCUT2D eigenvalue weighted by molar-refractivity contribution is 5.61. The SMILES string of the molecule is CC(N)Cc1cccc2c1CCN2CC1CCC1. The molecule has 3 rings (SSSR count). The van der Waals surface area contributed by atoms with E-state index in [-0.39, 0.29) is 6.04 Å². The topological polar surface area (TPSA) is 29.3 Å². The molecule has 0 saturated heterocycles. The Hall–Kier alpha value is -1.02. The molecule has 18 heavy (non-hydrogen) atoms. The lowest BCUT2D eigenvalue weighted by Crippen LogP contribution is -2.31. The van der Waals surface area contributed by atoms with Crippen LogP contribution < -0.4 is 10.6 Å². The van der Waals surface area contributed by atoms with Gasteiger partial charge in [-0.2, -0.15) is 0 Å². The van der Waals surface area contributed by atoms with Crippen molar-refractivity contribution in [2.45, 2.75) is 45.1 Å². The number of anilines is 1. The quantitative estimate of drug-likeness (QED) is 0.882.